The second-order valence-electron chi connectivity index (χ2n) is 6.89. The van der Waals surface area contributed by atoms with E-state index in [1.54, 1.807) is 12.3 Å². The molecule has 6 nitrogen and oxygen atoms in total. The molecule has 0 aliphatic carbocycles. The van der Waals surface area contributed by atoms with E-state index < -0.39 is 0 Å². The van der Waals surface area contributed by atoms with Gasteiger partial charge in [-0.25, -0.2) is 4.98 Å². The molecule has 4 rings (SSSR count). The Balaban J connectivity index is 1.36. The molecule has 2 heterocycles. The fourth-order valence-electron chi connectivity index (χ4n) is 3.04. The highest BCUT2D eigenvalue weighted by molar-refractivity contribution is 7.22. The minimum absolute atomic E-state index is 0.206. The Bertz CT molecular complexity index is 1140. The molecule has 0 radical (unpaired) electrons. The lowest BCUT2D eigenvalue weighted by atomic mass is 10.1. The van der Waals surface area contributed by atoms with E-state index >= 15 is 0 Å². The second kappa shape index (κ2) is 10.1. The number of pyridine rings is 1. The van der Waals surface area contributed by atoms with Gasteiger partial charge in [0.2, 0.25) is 0 Å². The lowest BCUT2D eigenvalue weighted by molar-refractivity contribution is 0.0225. The quantitative estimate of drug-likeness (QED) is 0.294. The number of hydrogen-bond acceptors (Lipinski definition) is 6. The molecular weight excluding hydrogens is 410 g/mol. The van der Waals surface area contributed by atoms with Crippen LogP contribution in [-0.4, -0.2) is 29.3 Å². The summed E-state index contributed by atoms with van der Waals surface area (Å²) in [5.41, 5.74) is 3.54. The van der Waals surface area contributed by atoms with Crippen molar-refractivity contribution in [3.05, 3.63) is 83.7 Å². The van der Waals surface area contributed by atoms with Crippen LogP contribution >= 0.6 is 11.3 Å². The summed E-state index contributed by atoms with van der Waals surface area (Å²) in [7, 11) is 0. The molecule has 0 fully saturated rings. The number of fused-ring (bicyclic) bond motifs is 1. The van der Waals surface area contributed by atoms with Gasteiger partial charge in [0.25, 0.3) is 5.91 Å². The van der Waals surface area contributed by atoms with Crippen molar-refractivity contribution in [2.75, 3.05) is 18.7 Å². The van der Waals surface area contributed by atoms with Crippen LogP contribution in [0.5, 0.6) is 5.75 Å². The first-order valence-electron chi connectivity index (χ1n) is 10.1. The van der Waals surface area contributed by atoms with Gasteiger partial charge in [-0.2, -0.15) is 0 Å². The normalized spacial score (nSPS) is 10.9. The Morgan fingerprint density at radius 1 is 1.03 bits per heavy atom. The van der Waals surface area contributed by atoms with Crippen molar-refractivity contribution in [1.82, 2.24) is 9.97 Å². The van der Waals surface area contributed by atoms with Crippen LogP contribution < -0.4 is 10.1 Å². The van der Waals surface area contributed by atoms with Crippen molar-refractivity contribution < 1.29 is 14.3 Å². The number of amides is 1. The smallest absolute Gasteiger partial charge is 0.276 e. The largest absolute Gasteiger partial charge is 0.468 e. The number of hydrogen-bond donors (Lipinski definition) is 1. The summed E-state index contributed by atoms with van der Waals surface area (Å²) >= 11 is 1.39. The standard InChI is InChI=1S/C24H23N3O3S/c1-2-29-16-30-19-11-13-20-22(14-19)31-24(26-20)27-23(28)21-12-10-18(15-25-21)9-8-17-6-4-3-5-7-17/h3-7,10-15H,2,8-9,16H2,1H3,(H,26,27,28). The van der Waals surface area contributed by atoms with Crippen molar-refractivity contribution in [1.29, 1.82) is 0 Å². The molecular formula is C24H23N3O3S. The predicted octanol–water partition coefficient (Wildman–Crippen LogP) is 5.10. The Morgan fingerprint density at radius 2 is 1.87 bits per heavy atom. The third-order valence-corrected chi connectivity index (χ3v) is 5.63. The first kappa shape index (κ1) is 21.0. The first-order valence-corrected chi connectivity index (χ1v) is 10.9. The number of thiazole rings is 1. The van der Waals surface area contributed by atoms with Crippen LogP contribution in [0.25, 0.3) is 10.2 Å². The predicted molar refractivity (Wildman–Crippen MR) is 123 cm³/mol. The molecule has 4 aromatic rings. The second-order valence-corrected chi connectivity index (χ2v) is 7.93. The topological polar surface area (TPSA) is 73.3 Å². The van der Waals surface area contributed by atoms with E-state index in [-0.39, 0.29) is 12.7 Å². The molecule has 0 spiro atoms. The highest BCUT2D eigenvalue weighted by Gasteiger charge is 2.12. The van der Waals surface area contributed by atoms with Crippen molar-refractivity contribution in [3.8, 4) is 5.75 Å². The molecule has 0 unspecified atom stereocenters. The van der Waals surface area contributed by atoms with Crippen molar-refractivity contribution in [3.63, 3.8) is 0 Å². The van der Waals surface area contributed by atoms with Crippen LogP contribution in [-0.2, 0) is 17.6 Å². The van der Waals surface area contributed by atoms with Crippen LogP contribution in [0.2, 0.25) is 0 Å². The molecule has 2 aromatic carbocycles. The van der Waals surface area contributed by atoms with E-state index in [1.165, 1.54) is 16.9 Å². The van der Waals surface area contributed by atoms with Crippen LogP contribution in [0.15, 0.2) is 66.9 Å². The summed E-state index contributed by atoms with van der Waals surface area (Å²) in [6, 6.07) is 19.6. The molecule has 2 aromatic heterocycles. The minimum atomic E-state index is -0.276. The average Bonchev–Trinajstić information content (AvgIpc) is 3.20. The van der Waals surface area contributed by atoms with E-state index in [2.05, 4.69) is 27.4 Å². The Kier molecular flexibility index (Phi) is 6.86. The molecule has 1 amide bonds. The number of aromatic nitrogens is 2. The number of anilines is 1. The number of benzene rings is 2. The Morgan fingerprint density at radius 3 is 2.65 bits per heavy atom. The third kappa shape index (κ3) is 5.65. The van der Waals surface area contributed by atoms with Crippen molar-refractivity contribution in [2.24, 2.45) is 0 Å². The molecule has 0 saturated carbocycles. The molecule has 0 saturated heterocycles. The van der Waals surface area contributed by atoms with Gasteiger partial charge in [-0.05, 0) is 55.2 Å². The van der Waals surface area contributed by atoms with E-state index in [0.29, 0.717) is 23.2 Å². The van der Waals surface area contributed by atoms with Gasteiger partial charge in [0.05, 0.1) is 10.2 Å². The zero-order valence-corrected chi connectivity index (χ0v) is 18.0. The Labute approximate surface area is 184 Å². The van der Waals surface area contributed by atoms with E-state index in [0.717, 1.165) is 28.6 Å². The molecule has 7 heteroatoms. The number of ether oxygens (including phenoxy) is 2. The van der Waals surface area contributed by atoms with Gasteiger partial charge in [-0.3, -0.25) is 15.1 Å². The average molecular weight is 434 g/mol. The van der Waals surface area contributed by atoms with Crippen LogP contribution in [0, 0.1) is 0 Å². The molecule has 0 aliphatic rings. The van der Waals surface area contributed by atoms with Crippen LogP contribution in [0.4, 0.5) is 5.13 Å². The maximum absolute atomic E-state index is 12.6. The number of carbonyl (C=O) groups excluding carboxylic acids is 1. The lowest BCUT2D eigenvalue weighted by Gasteiger charge is -2.04. The Hall–Kier alpha value is -3.29. The van der Waals surface area contributed by atoms with Crippen LogP contribution in [0.3, 0.4) is 0 Å². The zero-order chi connectivity index (χ0) is 21.5. The first-order chi connectivity index (χ1) is 15.2. The molecule has 158 valence electrons. The van der Waals surface area contributed by atoms with Gasteiger partial charge in [-0.1, -0.05) is 47.7 Å². The maximum atomic E-state index is 12.6. The third-order valence-electron chi connectivity index (χ3n) is 4.70. The summed E-state index contributed by atoms with van der Waals surface area (Å²) in [5, 5.41) is 3.36. The highest BCUT2D eigenvalue weighted by Crippen LogP contribution is 2.29. The summed E-state index contributed by atoms with van der Waals surface area (Å²) in [6.45, 7) is 2.72. The maximum Gasteiger partial charge on any atom is 0.276 e. The number of aryl methyl sites for hydroxylation is 2. The zero-order valence-electron chi connectivity index (χ0n) is 17.2. The SMILES string of the molecule is CCOCOc1ccc2nc(NC(=O)c3ccc(CCc4ccccc4)cn3)sc2c1. The monoisotopic (exact) mass is 433 g/mol. The molecule has 1 N–H and O–H groups in total. The van der Waals surface area contributed by atoms with Gasteiger partial charge in [-0.15, -0.1) is 0 Å². The van der Waals surface area contributed by atoms with Gasteiger partial charge >= 0.3 is 0 Å². The van der Waals surface area contributed by atoms with Crippen molar-refractivity contribution in [2.45, 2.75) is 19.8 Å². The fraction of sp³-hybridized carbons (Fsp3) is 0.208. The van der Waals surface area contributed by atoms with Crippen LogP contribution in [0.1, 0.15) is 28.5 Å². The van der Waals surface area contributed by atoms with E-state index in [9.17, 15) is 4.79 Å². The van der Waals surface area contributed by atoms with Gasteiger partial charge < -0.3 is 9.47 Å². The van der Waals surface area contributed by atoms with Gasteiger partial charge in [0, 0.05) is 12.8 Å². The van der Waals surface area contributed by atoms with Gasteiger partial charge in [0.1, 0.15) is 11.4 Å². The summed E-state index contributed by atoms with van der Waals surface area (Å²) in [6.07, 6.45) is 3.58. The summed E-state index contributed by atoms with van der Waals surface area (Å²) in [5.74, 6) is 0.428. The van der Waals surface area contributed by atoms with Crippen molar-refractivity contribution >= 4 is 32.6 Å². The summed E-state index contributed by atoms with van der Waals surface area (Å²) in [4.78, 5) is 21.4. The minimum Gasteiger partial charge on any atom is -0.468 e. The fourth-order valence-corrected chi connectivity index (χ4v) is 3.93. The number of nitrogens with one attached hydrogen (secondary N) is 1. The lowest BCUT2D eigenvalue weighted by Crippen LogP contribution is -2.13. The molecule has 0 bridgehead atoms. The number of carbonyl (C=O) groups is 1. The van der Waals surface area contributed by atoms with E-state index in [1.807, 2.05) is 49.4 Å². The number of nitrogens with zero attached hydrogens (tertiary/aromatic N) is 2. The number of rotatable bonds is 9. The van der Waals surface area contributed by atoms with E-state index in [4.69, 9.17) is 9.47 Å². The summed E-state index contributed by atoms with van der Waals surface area (Å²) < 4.78 is 11.7. The molecule has 31 heavy (non-hydrogen) atoms. The molecule has 0 atom stereocenters. The van der Waals surface area contributed by atoms with Gasteiger partial charge in [0.15, 0.2) is 11.9 Å². The molecule has 0 aliphatic heterocycles. The highest BCUT2D eigenvalue weighted by atomic mass is 32.1.